The Balaban J connectivity index is 1.56. The van der Waals surface area contributed by atoms with Crippen molar-refractivity contribution < 1.29 is 19.1 Å². The number of hydrogen-bond acceptors (Lipinski definition) is 5. The second-order valence-corrected chi connectivity index (χ2v) is 7.73. The fourth-order valence-corrected chi connectivity index (χ4v) is 3.87. The lowest BCUT2D eigenvalue weighted by Gasteiger charge is -2.37. The van der Waals surface area contributed by atoms with Gasteiger partial charge in [-0.2, -0.15) is 0 Å². The number of benzene rings is 2. The average Bonchev–Trinajstić information content (AvgIpc) is 2.76. The van der Waals surface area contributed by atoms with Crippen molar-refractivity contribution in [1.29, 1.82) is 0 Å². The quantitative estimate of drug-likeness (QED) is 0.633. The first kappa shape index (κ1) is 19.2. The lowest BCUT2D eigenvalue weighted by atomic mass is 9.99. The Labute approximate surface area is 177 Å². The first-order valence-corrected chi connectivity index (χ1v) is 10.1. The molecule has 5 rings (SSSR count). The zero-order chi connectivity index (χ0) is 21.5. The van der Waals surface area contributed by atoms with E-state index >= 15 is 0 Å². The van der Waals surface area contributed by atoms with Gasteiger partial charge < -0.3 is 24.7 Å². The largest absolute Gasteiger partial charge is 0.486 e. The monoisotopic (exact) mass is 419 g/mol. The van der Waals surface area contributed by atoms with E-state index in [4.69, 9.17) is 9.47 Å². The van der Waals surface area contributed by atoms with Gasteiger partial charge in [-0.25, -0.2) is 0 Å². The maximum absolute atomic E-state index is 13.2. The fraction of sp³-hybridized carbons (Fsp3) is 0.261. The predicted octanol–water partition coefficient (Wildman–Crippen LogP) is 2.52. The first-order valence-electron chi connectivity index (χ1n) is 10.1. The fourth-order valence-electron chi connectivity index (χ4n) is 3.87. The lowest BCUT2D eigenvalue weighted by molar-refractivity contribution is -0.147. The van der Waals surface area contributed by atoms with Crippen molar-refractivity contribution in [2.75, 3.05) is 25.1 Å². The molecule has 158 valence electrons. The molecule has 2 aromatic carbocycles. The molecule has 2 amide bonds. The van der Waals surface area contributed by atoms with Crippen LogP contribution in [0.5, 0.6) is 11.5 Å². The molecule has 0 bridgehead atoms. The van der Waals surface area contributed by atoms with E-state index in [1.165, 1.54) is 4.90 Å². The summed E-state index contributed by atoms with van der Waals surface area (Å²) in [6.07, 6.45) is 0.360. The number of likely N-dealkylation sites (tertiary alicyclic amines) is 1. The van der Waals surface area contributed by atoms with E-state index in [0.29, 0.717) is 54.3 Å². The molecular formula is C23H21N3O5. The third-order valence-electron chi connectivity index (χ3n) is 5.60. The number of nitrogens with zero attached hydrogens (tertiary/aromatic N) is 1. The van der Waals surface area contributed by atoms with Crippen molar-refractivity contribution in [2.45, 2.75) is 19.4 Å². The number of carbonyl (C=O) groups is 2. The number of rotatable bonds is 4. The van der Waals surface area contributed by atoms with Gasteiger partial charge in [-0.1, -0.05) is 17.7 Å². The number of amides is 2. The smallest absolute Gasteiger partial charge is 0.254 e. The summed E-state index contributed by atoms with van der Waals surface area (Å²) in [7, 11) is 0. The van der Waals surface area contributed by atoms with Crippen molar-refractivity contribution >= 4 is 28.4 Å². The molecular weight excluding hydrogens is 398 g/mol. The summed E-state index contributed by atoms with van der Waals surface area (Å²) in [5.41, 5.74) is 2.03. The number of H-pyrrole nitrogens is 1. The highest BCUT2D eigenvalue weighted by molar-refractivity contribution is 5.99. The molecule has 1 fully saturated rings. The maximum Gasteiger partial charge on any atom is 0.254 e. The molecule has 0 spiro atoms. The normalized spacial score (nSPS) is 16.0. The van der Waals surface area contributed by atoms with E-state index in [-0.39, 0.29) is 11.5 Å². The molecule has 0 unspecified atom stereocenters. The number of aromatic amines is 1. The summed E-state index contributed by atoms with van der Waals surface area (Å²) in [5.74, 6) is 0.552. The van der Waals surface area contributed by atoms with Gasteiger partial charge in [0.15, 0.2) is 11.5 Å². The molecule has 2 aliphatic rings. The number of pyridine rings is 1. The van der Waals surface area contributed by atoms with Crippen LogP contribution < -0.4 is 20.3 Å². The van der Waals surface area contributed by atoms with Crippen molar-refractivity contribution in [3.8, 4) is 11.5 Å². The second-order valence-electron chi connectivity index (χ2n) is 7.73. The molecule has 0 saturated carbocycles. The van der Waals surface area contributed by atoms with Crippen molar-refractivity contribution in [2.24, 2.45) is 0 Å². The Bertz CT molecular complexity index is 1250. The Morgan fingerprint density at radius 1 is 1.06 bits per heavy atom. The highest BCUT2D eigenvalue weighted by Crippen LogP contribution is 2.35. The van der Waals surface area contributed by atoms with Crippen LogP contribution in [0.25, 0.3) is 10.9 Å². The summed E-state index contributed by atoms with van der Waals surface area (Å²) < 4.78 is 11.2. The van der Waals surface area contributed by atoms with Crippen LogP contribution in [0, 0.1) is 6.92 Å². The third kappa shape index (κ3) is 3.50. The van der Waals surface area contributed by atoms with Crippen LogP contribution in [0.4, 0.5) is 5.69 Å². The molecule has 31 heavy (non-hydrogen) atoms. The van der Waals surface area contributed by atoms with Gasteiger partial charge in [-0.05, 0) is 31.2 Å². The Morgan fingerprint density at radius 3 is 2.42 bits per heavy atom. The molecule has 1 atom stereocenters. The standard InChI is InChI=1S/C23H21N3O5/c1-13-2-4-15(5-3-13)24-23(29)21(26-7-6-20(26)27)16-10-14-11-18-19(31-9-8-30-18)12-17(14)25-22(16)28/h2-5,10-12,21H,6-9H2,1H3,(H,24,29)(H,25,28)/t21-/m1/s1. The van der Waals surface area contributed by atoms with E-state index in [1.807, 2.05) is 19.1 Å². The summed E-state index contributed by atoms with van der Waals surface area (Å²) in [5, 5.41) is 3.53. The summed E-state index contributed by atoms with van der Waals surface area (Å²) in [6.45, 7) is 3.26. The number of carbonyl (C=O) groups excluding carboxylic acids is 2. The summed E-state index contributed by atoms with van der Waals surface area (Å²) in [6, 6.07) is 11.5. The summed E-state index contributed by atoms with van der Waals surface area (Å²) in [4.78, 5) is 42.6. The number of fused-ring (bicyclic) bond motifs is 2. The minimum Gasteiger partial charge on any atom is -0.486 e. The van der Waals surface area contributed by atoms with Crippen molar-refractivity contribution in [3.05, 3.63) is 63.9 Å². The van der Waals surface area contributed by atoms with Gasteiger partial charge in [0, 0.05) is 35.7 Å². The number of β-lactam (4-membered cyclic amide) rings is 1. The van der Waals surface area contributed by atoms with Crippen LogP contribution in [0.2, 0.25) is 0 Å². The number of ether oxygens (including phenoxy) is 2. The molecule has 2 aliphatic heterocycles. The van der Waals surface area contributed by atoms with Crippen LogP contribution in [-0.4, -0.2) is 41.5 Å². The highest BCUT2D eigenvalue weighted by Gasteiger charge is 2.38. The molecule has 8 heteroatoms. The van der Waals surface area contributed by atoms with E-state index in [9.17, 15) is 14.4 Å². The van der Waals surface area contributed by atoms with Crippen LogP contribution in [0.3, 0.4) is 0 Å². The minimum atomic E-state index is -1.02. The summed E-state index contributed by atoms with van der Waals surface area (Å²) >= 11 is 0. The number of anilines is 1. The number of hydrogen-bond donors (Lipinski definition) is 2. The number of nitrogens with one attached hydrogen (secondary N) is 2. The van der Waals surface area contributed by atoms with E-state index in [1.54, 1.807) is 30.3 Å². The molecule has 0 aliphatic carbocycles. The highest BCUT2D eigenvalue weighted by atomic mass is 16.6. The third-order valence-corrected chi connectivity index (χ3v) is 5.60. The van der Waals surface area contributed by atoms with Crippen LogP contribution >= 0.6 is 0 Å². The second kappa shape index (κ2) is 7.46. The molecule has 3 heterocycles. The van der Waals surface area contributed by atoms with Gasteiger partial charge in [0.05, 0.1) is 5.52 Å². The Morgan fingerprint density at radius 2 is 1.77 bits per heavy atom. The average molecular weight is 419 g/mol. The van der Waals surface area contributed by atoms with Crippen molar-refractivity contribution in [3.63, 3.8) is 0 Å². The molecule has 0 radical (unpaired) electrons. The minimum absolute atomic E-state index is 0.161. The predicted molar refractivity (Wildman–Crippen MR) is 114 cm³/mol. The topological polar surface area (TPSA) is 101 Å². The van der Waals surface area contributed by atoms with E-state index in [2.05, 4.69) is 10.3 Å². The molecule has 2 N–H and O–H groups in total. The Kier molecular flexibility index (Phi) is 4.62. The number of aryl methyl sites for hydroxylation is 1. The molecule has 1 aromatic heterocycles. The zero-order valence-corrected chi connectivity index (χ0v) is 16.9. The SMILES string of the molecule is Cc1ccc(NC(=O)[C@@H](c2cc3cc4c(cc3[nH]c2=O)OCCO4)N2CCC2=O)cc1. The van der Waals surface area contributed by atoms with Crippen molar-refractivity contribution in [1.82, 2.24) is 9.88 Å². The maximum atomic E-state index is 13.2. The lowest BCUT2D eigenvalue weighted by Crippen LogP contribution is -2.50. The van der Waals surface area contributed by atoms with Gasteiger partial charge in [-0.15, -0.1) is 0 Å². The number of aromatic nitrogens is 1. The van der Waals surface area contributed by atoms with E-state index < -0.39 is 17.5 Å². The Hall–Kier alpha value is -3.81. The van der Waals surface area contributed by atoms with Gasteiger partial charge in [0.2, 0.25) is 5.91 Å². The first-order chi connectivity index (χ1) is 15.0. The van der Waals surface area contributed by atoms with Gasteiger partial charge >= 0.3 is 0 Å². The van der Waals surface area contributed by atoms with Gasteiger partial charge in [0.25, 0.3) is 11.5 Å². The van der Waals surface area contributed by atoms with Crippen LogP contribution in [0.15, 0.2) is 47.3 Å². The van der Waals surface area contributed by atoms with Gasteiger partial charge in [0.1, 0.15) is 19.3 Å². The van der Waals surface area contributed by atoms with Crippen LogP contribution in [0.1, 0.15) is 23.6 Å². The molecule has 1 saturated heterocycles. The van der Waals surface area contributed by atoms with Gasteiger partial charge in [-0.3, -0.25) is 14.4 Å². The molecule has 8 nitrogen and oxygen atoms in total. The van der Waals surface area contributed by atoms with E-state index in [0.717, 1.165) is 5.56 Å². The zero-order valence-electron chi connectivity index (χ0n) is 16.9. The van der Waals surface area contributed by atoms with Crippen LogP contribution in [-0.2, 0) is 9.59 Å². The molecule has 3 aromatic rings.